The largest absolute Gasteiger partial charge is 0.545 e. The first-order valence-corrected chi connectivity index (χ1v) is 28.0. The molecule has 1 aromatic rings. The predicted molar refractivity (Wildman–Crippen MR) is 278 cm³/mol. The molecule has 0 amide bonds. The Hall–Kier alpha value is -2.49. The van der Waals surface area contributed by atoms with E-state index >= 15 is 0 Å². The lowest BCUT2D eigenvalue weighted by atomic mass is 10.0. The summed E-state index contributed by atoms with van der Waals surface area (Å²) in [7, 11) is 0. The average Bonchev–Trinajstić information content (AvgIpc) is 3.32. The first kappa shape index (κ1) is 67.8. The van der Waals surface area contributed by atoms with Crippen LogP contribution in [-0.4, -0.2) is 110 Å². The number of rotatable bonds is 39. The molecule has 0 spiro atoms. The zero-order valence-corrected chi connectivity index (χ0v) is 46.0. The van der Waals surface area contributed by atoms with Crippen LogP contribution in [0.25, 0.3) is 0 Å². The molecule has 9 heteroatoms. The van der Waals surface area contributed by atoms with Crippen molar-refractivity contribution in [3.63, 3.8) is 0 Å². The SMILES string of the molecule is CCCC[N+](CCCC)(CCCC)CCCC.CCCC[N+](CCCC)(CCCC)CCCC.CCCC[N+](CCCC)(CCCC)CCCC.O=C([O-])c1cccc(C(=O)[O-])c1C(=O)[O-]. The van der Waals surface area contributed by atoms with Crippen molar-refractivity contribution in [2.75, 3.05) is 78.5 Å². The van der Waals surface area contributed by atoms with Crippen LogP contribution in [0.5, 0.6) is 0 Å². The lowest BCUT2D eigenvalue weighted by Crippen LogP contribution is -2.50. The van der Waals surface area contributed by atoms with Crippen molar-refractivity contribution in [3.8, 4) is 0 Å². The van der Waals surface area contributed by atoms with Crippen molar-refractivity contribution in [3.05, 3.63) is 34.9 Å². The quantitative estimate of drug-likeness (QED) is 0.0606. The van der Waals surface area contributed by atoms with Crippen LogP contribution in [-0.2, 0) is 0 Å². The summed E-state index contributed by atoms with van der Waals surface area (Å²) in [6.07, 6.45) is 33.2. The molecule has 0 saturated heterocycles. The van der Waals surface area contributed by atoms with Gasteiger partial charge < -0.3 is 43.2 Å². The average molecular weight is 935 g/mol. The summed E-state index contributed by atoms with van der Waals surface area (Å²) < 4.78 is 4.26. The highest BCUT2D eigenvalue weighted by Crippen LogP contribution is 2.19. The topological polar surface area (TPSA) is 120 Å². The molecule has 1 aromatic carbocycles. The molecule has 9 nitrogen and oxygen atoms in total. The number of hydrogen-bond donors (Lipinski definition) is 0. The summed E-state index contributed by atoms with van der Waals surface area (Å²) in [5.74, 6) is -5.50. The molecule has 0 heterocycles. The van der Waals surface area contributed by atoms with Gasteiger partial charge in [-0.3, -0.25) is 0 Å². The number of benzene rings is 1. The second-order valence-electron chi connectivity index (χ2n) is 19.5. The smallest absolute Gasteiger partial charge is 0.0786 e. The predicted octanol–water partition coefficient (Wildman–Crippen LogP) is 11.8. The fourth-order valence-corrected chi connectivity index (χ4v) is 9.05. The first-order chi connectivity index (χ1) is 31.7. The molecule has 0 radical (unpaired) electrons. The molecule has 0 atom stereocenters. The normalized spacial score (nSPS) is 11.5. The number of carbonyl (C=O) groups excluding carboxylic acids is 3. The number of nitrogens with zero attached hydrogens (tertiary/aromatic N) is 3. The fourth-order valence-electron chi connectivity index (χ4n) is 9.05. The monoisotopic (exact) mass is 934 g/mol. The summed E-state index contributed by atoms with van der Waals surface area (Å²) in [6.45, 7) is 45.1. The van der Waals surface area contributed by atoms with E-state index in [9.17, 15) is 29.7 Å². The molecule has 390 valence electrons. The van der Waals surface area contributed by atoms with Gasteiger partial charge in [0.2, 0.25) is 0 Å². The number of carboxylic acid groups (broad SMARTS) is 3. The number of quaternary nitrogens is 3. The Labute approximate surface area is 410 Å². The minimum Gasteiger partial charge on any atom is -0.545 e. The van der Waals surface area contributed by atoms with Crippen molar-refractivity contribution < 1.29 is 43.2 Å². The molecule has 0 saturated carbocycles. The Balaban J connectivity index is -0.000000802. The van der Waals surface area contributed by atoms with Crippen LogP contribution < -0.4 is 15.3 Å². The van der Waals surface area contributed by atoms with E-state index < -0.39 is 34.6 Å². The lowest BCUT2D eigenvalue weighted by Gasteiger charge is -2.39. The third-order valence-corrected chi connectivity index (χ3v) is 13.5. The van der Waals surface area contributed by atoms with Crippen LogP contribution in [0.4, 0.5) is 0 Å². The van der Waals surface area contributed by atoms with E-state index in [1.165, 1.54) is 246 Å². The van der Waals surface area contributed by atoms with Gasteiger partial charge in [0.25, 0.3) is 0 Å². The molecule has 0 aliphatic rings. The molecular weight excluding hydrogens is 823 g/mol. The maximum Gasteiger partial charge on any atom is 0.0786 e. The van der Waals surface area contributed by atoms with Crippen molar-refractivity contribution >= 4 is 17.9 Å². The van der Waals surface area contributed by atoms with Gasteiger partial charge in [0.15, 0.2) is 0 Å². The van der Waals surface area contributed by atoms with E-state index in [0.29, 0.717) is 0 Å². The molecule has 0 N–H and O–H groups in total. The highest BCUT2D eigenvalue weighted by molar-refractivity contribution is 6.07. The van der Waals surface area contributed by atoms with E-state index in [1.807, 2.05) is 0 Å². The summed E-state index contributed by atoms with van der Waals surface area (Å²) >= 11 is 0. The Morgan fingerprint density at radius 3 is 0.561 bits per heavy atom. The second-order valence-corrected chi connectivity index (χ2v) is 19.5. The van der Waals surface area contributed by atoms with Gasteiger partial charge in [0, 0.05) is 16.7 Å². The molecular formula is C57H111N3O6. The van der Waals surface area contributed by atoms with E-state index in [2.05, 4.69) is 83.1 Å². The van der Waals surface area contributed by atoms with Crippen LogP contribution in [0.1, 0.15) is 268 Å². The Bertz CT molecular complexity index is 1060. The summed E-state index contributed by atoms with van der Waals surface area (Å²) in [4.78, 5) is 31.5. The van der Waals surface area contributed by atoms with Crippen molar-refractivity contribution in [2.24, 2.45) is 0 Å². The fraction of sp³-hybridized carbons (Fsp3) is 0.842. The molecule has 1 rings (SSSR count). The van der Waals surface area contributed by atoms with E-state index in [0.717, 1.165) is 18.2 Å². The summed E-state index contributed by atoms with van der Waals surface area (Å²) in [6, 6.07) is 2.89. The van der Waals surface area contributed by atoms with Gasteiger partial charge in [-0.05, 0) is 77.0 Å². The Morgan fingerprint density at radius 2 is 0.455 bits per heavy atom. The molecule has 0 aromatic heterocycles. The van der Waals surface area contributed by atoms with Crippen LogP contribution in [0.3, 0.4) is 0 Å². The minimum absolute atomic E-state index is 0.753. The Kier molecular flexibility index (Phi) is 46.2. The molecule has 0 fully saturated rings. The van der Waals surface area contributed by atoms with Gasteiger partial charge in [0.1, 0.15) is 0 Å². The van der Waals surface area contributed by atoms with Gasteiger partial charge in [0.05, 0.1) is 96.4 Å². The lowest BCUT2D eigenvalue weighted by molar-refractivity contribution is -0.929. The Morgan fingerprint density at radius 1 is 0.303 bits per heavy atom. The number of aromatic carboxylic acids is 3. The van der Waals surface area contributed by atoms with Crippen molar-refractivity contribution in [1.29, 1.82) is 0 Å². The molecule has 0 aliphatic carbocycles. The first-order valence-electron chi connectivity index (χ1n) is 28.0. The van der Waals surface area contributed by atoms with Crippen LogP contribution >= 0.6 is 0 Å². The van der Waals surface area contributed by atoms with Crippen molar-refractivity contribution in [2.45, 2.75) is 237 Å². The second kappa shape index (κ2) is 45.0. The number of carboxylic acids is 3. The third-order valence-electron chi connectivity index (χ3n) is 13.5. The highest BCUT2D eigenvalue weighted by atomic mass is 16.4. The zero-order valence-electron chi connectivity index (χ0n) is 46.0. The molecule has 0 bridgehead atoms. The maximum atomic E-state index is 10.6. The van der Waals surface area contributed by atoms with Gasteiger partial charge in [-0.2, -0.15) is 0 Å². The number of hydrogen-bond acceptors (Lipinski definition) is 6. The summed E-state index contributed by atoms with van der Waals surface area (Å²) in [5, 5.41) is 31.5. The van der Waals surface area contributed by atoms with Crippen molar-refractivity contribution in [1.82, 2.24) is 0 Å². The van der Waals surface area contributed by atoms with Crippen LogP contribution in [0.2, 0.25) is 0 Å². The van der Waals surface area contributed by atoms with Gasteiger partial charge in [-0.15, -0.1) is 0 Å². The van der Waals surface area contributed by atoms with Gasteiger partial charge in [-0.25, -0.2) is 0 Å². The van der Waals surface area contributed by atoms with E-state index in [-0.39, 0.29) is 0 Å². The van der Waals surface area contributed by atoms with Gasteiger partial charge >= 0.3 is 0 Å². The van der Waals surface area contributed by atoms with E-state index in [4.69, 9.17) is 0 Å². The molecule has 0 unspecified atom stereocenters. The number of unbranched alkanes of at least 4 members (excludes halogenated alkanes) is 12. The highest BCUT2D eigenvalue weighted by Gasteiger charge is 2.27. The standard InChI is InChI=1S/3C16H36N.C9H6O6/c3*1-5-9-13-17(14-10-6-2,15-11-7-3)16-12-8-4;10-7(11)4-2-1-3-5(8(12)13)6(4)9(14)15/h3*5-16H2,1-4H3;1-3H,(H,10,11)(H,12,13)(H,14,15)/q3*+1;/p-3. The summed E-state index contributed by atoms with van der Waals surface area (Å²) in [5.41, 5.74) is -2.45. The van der Waals surface area contributed by atoms with E-state index in [1.54, 1.807) is 0 Å². The third kappa shape index (κ3) is 32.3. The maximum absolute atomic E-state index is 10.6. The minimum atomic E-state index is -1.91. The molecule has 66 heavy (non-hydrogen) atoms. The number of carbonyl (C=O) groups is 3. The molecule has 0 aliphatic heterocycles. The van der Waals surface area contributed by atoms with Crippen LogP contribution in [0.15, 0.2) is 18.2 Å². The zero-order chi connectivity index (χ0) is 50.5. The van der Waals surface area contributed by atoms with Gasteiger partial charge in [-0.1, -0.05) is 178 Å². The van der Waals surface area contributed by atoms with Crippen LogP contribution in [0, 0.1) is 0 Å².